The second-order valence-electron chi connectivity index (χ2n) is 3.77. The third-order valence-electron chi connectivity index (χ3n) is 2.40. The van der Waals surface area contributed by atoms with Crippen LogP contribution in [0.2, 0.25) is 0 Å². The van der Waals surface area contributed by atoms with Gasteiger partial charge in [-0.2, -0.15) is 0 Å². The molecule has 1 aromatic carbocycles. The van der Waals surface area contributed by atoms with Gasteiger partial charge in [0.1, 0.15) is 6.10 Å². The van der Waals surface area contributed by atoms with Crippen LogP contribution in [-0.2, 0) is 22.8 Å². The third-order valence-corrected chi connectivity index (χ3v) is 3.19. The number of nitrogens with two attached hydrogens (primary N) is 1. The van der Waals surface area contributed by atoms with E-state index < -0.39 is 12.8 Å². The van der Waals surface area contributed by atoms with Crippen molar-refractivity contribution >= 4 is 18.5 Å². The van der Waals surface area contributed by atoms with Crippen molar-refractivity contribution in [1.82, 2.24) is 0 Å². The minimum atomic E-state index is -3.69. The lowest BCUT2D eigenvalue weighted by atomic mass is 9.99. The maximum Gasteiger partial charge on any atom is 0.322 e. The first-order valence-electron chi connectivity index (χ1n) is 5.49. The molecule has 4 N–H and O–H groups in total. The van der Waals surface area contributed by atoms with Crippen molar-refractivity contribution in [2.45, 2.75) is 25.9 Å². The van der Waals surface area contributed by atoms with Crippen molar-refractivity contribution in [2.24, 2.45) is 5.73 Å². The summed E-state index contributed by atoms with van der Waals surface area (Å²) in [6.45, 7) is -1.44. The van der Waals surface area contributed by atoms with Crippen LogP contribution in [0.5, 0.6) is 0 Å². The van der Waals surface area contributed by atoms with Gasteiger partial charge in [0, 0.05) is 6.54 Å². The molecular formula is C11H18NO3PS. The molecule has 0 aliphatic rings. The summed E-state index contributed by atoms with van der Waals surface area (Å²) in [6, 6.07) is 7.69. The fourth-order valence-electron chi connectivity index (χ4n) is 1.74. The van der Waals surface area contributed by atoms with Crippen molar-refractivity contribution in [3.63, 3.8) is 0 Å². The van der Waals surface area contributed by atoms with Crippen LogP contribution in [0.1, 0.15) is 30.6 Å². The molecule has 1 unspecified atom stereocenters. The predicted molar refractivity (Wildman–Crippen MR) is 72.0 cm³/mol. The second kappa shape index (κ2) is 6.59. The molecule has 0 aromatic heterocycles. The molecule has 1 atom stereocenters. The highest BCUT2D eigenvalue weighted by molar-refractivity contribution is 8.06. The van der Waals surface area contributed by atoms with Gasteiger partial charge in [0.2, 0.25) is 0 Å². The molecule has 0 amide bonds. The number of rotatable bonds is 6. The average Bonchev–Trinajstić information content (AvgIpc) is 2.26. The molecule has 0 fully saturated rings. The summed E-state index contributed by atoms with van der Waals surface area (Å²) < 4.78 is 5.07. The molecule has 6 heteroatoms. The third kappa shape index (κ3) is 4.84. The summed E-state index contributed by atoms with van der Waals surface area (Å²) in [6.07, 6.45) is 1.34. The van der Waals surface area contributed by atoms with E-state index in [1.807, 2.05) is 24.3 Å². The molecule has 0 bridgehead atoms. The summed E-state index contributed by atoms with van der Waals surface area (Å²) in [4.78, 5) is 18.4. The normalized spacial score (nSPS) is 13.6. The minimum Gasteiger partial charge on any atom is -0.328 e. The Bertz CT molecular complexity index is 407. The molecule has 0 heterocycles. The van der Waals surface area contributed by atoms with E-state index in [9.17, 15) is 9.79 Å². The van der Waals surface area contributed by atoms with Crippen molar-refractivity contribution in [3.8, 4) is 0 Å². The lowest BCUT2D eigenvalue weighted by molar-refractivity contribution is 0.176. The van der Waals surface area contributed by atoms with E-state index in [0.29, 0.717) is 0 Å². The molecule has 1 aromatic rings. The van der Waals surface area contributed by atoms with E-state index in [2.05, 4.69) is 18.7 Å². The lowest BCUT2D eigenvalue weighted by Crippen LogP contribution is -2.16. The molecule has 1 rings (SSSR count). The van der Waals surface area contributed by atoms with Gasteiger partial charge in [-0.3, -0.25) is 4.52 Å². The Morgan fingerprint density at radius 2 is 2.06 bits per heavy atom. The maximum absolute atomic E-state index is 9.20. The van der Waals surface area contributed by atoms with Gasteiger partial charge in [-0.1, -0.05) is 37.6 Å². The first-order chi connectivity index (χ1) is 7.98. The van der Waals surface area contributed by atoms with Gasteiger partial charge in [0.25, 0.3) is 0 Å². The van der Waals surface area contributed by atoms with Gasteiger partial charge in [0.05, 0.1) is 0 Å². The standard InChI is InChI=1S/C11H18NO3PS/c1-2-5-9-6-3-4-7-10(9)11(8-12)15-16(13,14)17/h3-4,6-7,11H,2,5,8,12H2,1H3,(H2,13,14,17). The Hall–Kier alpha value is -0.290. The Balaban J connectivity index is 2.98. The highest BCUT2D eigenvalue weighted by Crippen LogP contribution is 2.42. The van der Waals surface area contributed by atoms with Gasteiger partial charge >= 0.3 is 6.72 Å². The number of hydrogen-bond donors (Lipinski definition) is 3. The second-order valence-corrected chi connectivity index (χ2v) is 6.39. The van der Waals surface area contributed by atoms with Crippen molar-refractivity contribution < 1.29 is 14.3 Å². The van der Waals surface area contributed by atoms with Crippen LogP contribution in [0.25, 0.3) is 0 Å². The van der Waals surface area contributed by atoms with Crippen molar-refractivity contribution in [3.05, 3.63) is 35.4 Å². The maximum atomic E-state index is 9.20. The van der Waals surface area contributed by atoms with Gasteiger partial charge in [-0.25, -0.2) is 0 Å². The summed E-state index contributed by atoms with van der Waals surface area (Å²) in [7, 11) is 0. The Kier molecular flexibility index (Phi) is 5.73. The van der Waals surface area contributed by atoms with Crippen LogP contribution in [-0.4, -0.2) is 16.3 Å². The topological polar surface area (TPSA) is 75.7 Å². The van der Waals surface area contributed by atoms with E-state index in [0.717, 1.165) is 24.0 Å². The number of hydrogen-bond acceptors (Lipinski definition) is 3. The van der Waals surface area contributed by atoms with Gasteiger partial charge in [-0.15, -0.1) is 0 Å². The molecule has 0 saturated carbocycles. The lowest BCUT2D eigenvalue weighted by Gasteiger charge is -2.21. The average molecular weight is 275 g/mol. The molecule has 0 aliphatic heterocycles. The summed E-state index contributed by atoms with van der Waals surface area (Å²) in [5.41, 5.74) is 7.59. The Morgan fingerprint density at radius 1 is 1.41 bits per heavy atom. The molecule has 0 aliphatic carbocycles. The van der Waals surface area contributed by atoms with Crippen LogP contribution < -0.4 is 5.73 Å². The summed E-state index contributed by atoms with van der Waals surface area (Å²) in [5.74, 6) is 0. The largest absolute Gasteiger partial charge is 0.328 e. The summed E-state index contributed by atoms with van der Waals surface area (Å²) in [5, 5.41) is 0. The van der Waals surface area contributed by atoms with E-state index in [4.69, 9.17) is 10.3 Å². The molecule has 0 spiro atoms. The molecule has 17 heavy (non-hydrogen) atoms. The van der Waals surface area contributed by atoms with E-state index in [1.54, 1.807) is 0 Å². The van der Waals surface area contributed by atoms with Gasteiger partial charge < -0.3 is 15.5 Å². The van der Waals surface area contributed by atoms with Crippen molar-refractivity contribution in [1.29, 1.82) is 0 Å². The zero-order valence-corrected chi connectivity index (χ0v) is 11.5. The molecule has 0 radical (unpaired) electrons. The van der Waals surface area contributed by atoms with E-state index in [-0.39, 0.29) is 6.54 Å². The highest BCUT2D eigenvalue weighted by atomic mass is 32.5. The zero-order chi connectivity index (χ0) is 12.9. The zero-order valence-electron chi connectivity index (χ0n) is 9.74. The van der Waals surface area contributed by atoms with Crippen LogP contribution in [0.3, 0.4) is 0 Å². The first-order valence-corrected chi connectivity index (χ1v) is 8.12. The SMILES string of the molecule is CCCc1ccccc1C(CN)OP(O)(O)=S. The van der Waals surface area contributed by atoms with Crippen LogP contribution in [0, 0.1) is 0 Å². The minimum absolute atomic E-state index is 0.167. The molecule has 0 saturated heterocycles. The monoisotopic (exact) mass is 275 g/mol. The van der Waals surface area contributed by atoms with Gasteiger partial charge in [0.15, 0.2) is 0 Å². The predicted octanol–water partition coefficient (Wildman–Crippen LogP) is 1.86. The smallest absolute Gasteiger partial charge is 0.322 e. The van der Waals surface area contributed by atoms with Crippen molar-refractivity contribution in [2.75, 3.05) is 6.54 Å². The molecule has 4 nitrogen and oxygen atoms in total. The Labute approximate surface area is 107 Å². The molecule has 96 valence electrons. The van der Waals surface area contributed by atoms with Crippen LogP contribution in [0.4, 0.5) is 0 Å². The number of benzene rings is 1. The fourth-order valence-corrected chi connectivity index (χ4v) is 2.58. The number of aryl methyl sites for hydroxylation is 1. The first kappa shape index (κ1) is 14.8. The quantitative estimate of drug-likeness (QED) is 0.691. The van der Waals surface area contributed by atoms with Crippen LogP contribution >= 0.6 is 6.72 Å². The highest BCUT2D eigenvalue weighted by Gasteiger charge is 2.20. The van der Waals surface area contributed by atoms with E-state index in [1.165, 1.54) is 0 Å². The molecular weight excluding hydrogens is 257 g/mol. The fraction of sp³-hybridized carbons (Fsp3) is 0.455. The van der Waals surface area contributed by atoms with Gasteiger partial charge in [-0.05, 0) is 29.4 Å². The Morgan fingerprint density at radius 3 is 2.59 bits per heavy atom. The summed E-state index contributed by atoms with van der Waals surface area (Å²) >= 11 is 4.48. The van der Waals surface area contributed by atoms with E-state index >= 15 is 0 Å². The van der Waals surface area contributed by atoms with Crippen LogP contribution in [0.15, 0.2) is 24.3 Å².